The van der Waals surface area contributed by atoms with Crippen LogP contribution in [0.2, 0.25) is 0 Å². The van der Waals surface area contributed by atoms with Gasteiger partial charge in [-0.2, -0.15) is 0 Å². The SMILES string of the molecule is CCCNCCCOc1c(Br)cc(Br)cc1Br. The van der Waals surface area contributed by atoms with Gasteiger partial charge in [-0.15, -0.1) is 0 Å². The summed E-state index contributed by atoms with van der Waals surface area (Å²) < 4.78 is 8.69. The molecule has 1 aromatic carbocycles. The first kappa shape index (κ1) is 15.5. The average molecular weight is 430 g/mol. The van der Waals surface area contributed by atoms with E-state index in [1.807, 2.05) is 12.1 Å². The molecule has 96 valence electrons. The van der Waals surface area contributed by atoms with E-state index in [9.17, 15) is 0 Å². The van der Waals surface area contributed by atoms with E-state index in [1.54, 1.807) is 0 Å². The van der Waals surface area contributed by atoms with Crippen LogP contribution in [0.15, 0.2) is 25.6 Å². The van der Waals surface area contributed by atoms with Gasteiger partial charge >= 0.3 is 0 Å². The fourth-order valence-electron chi connectivity index (χ4n) is 1.34. The van der Waals surface area contributed by atoms with Gasteiger partial charge in [0.25, 0.3) is 0 Å². The maximum Gasteiger partial charge on any atom is 0.147 e. The lowest BCUT2D eigenvalue weighted by atomic mass is 10.3. The van der Waals surface area contributed by atoms with Gasteiger partial charge in [-0.05, 0) is 69.9 Å². The third-order valence-electron chi connectivity index (χ3n) is 2.13. The highest BCUT2D eigenvalue weighted by Gasteiger charge is 2.07. The van der Waals surface area contributed by atoms with Gasteiger partial charge in [-0.3, -0.25) is 0 Å². The predicted octanol–water partition coefficient (Wildman–Crippen LogP) is 4.74. The summed E-state index contributed by atoms with van der Waals surface area (Å²) in [4.78, 5) is 0. The smallest absolute Gasteiger partial charge is 0.147 e. The van der Waals surface area contributed by atoms with Crippen molar-refractivity contribution in [3.63, 3.8) is 0 Å². The van der Waals surface area contributed by atoms with E-state index < -0.39 is 0 Å². The Morgan fingerprint density at radius 2 is 1.76 bits per heavy atom. The third kappa shape index (κ3) is 5.73. The Hall–Kier alpha value is 0.420. The minimum atomic E-state index is 0.718. The lowest BCUT2D eigenvalue weighted by molar-refractivity contribution is 0.304. The van der Waals surface area contributed by atoms with Crippen molar-refractivity contribution >= 4 is 47.8 Å². The first-order valence-corrected chi connectivity index (χ1v) is 8.01. The molecular weight excluding hydrogens is 414 g/mol. The van der Waals surface area contributed by atoms with Gasteiger partial charge in [0.15, 0.2) is 0 Å². The van der Waals surface area contributed by atoms with Gasteiger partial charge in [-0.1, -0.05) is 22.9 Å². The molecule has 1 N–H and O–H groups in total. The number of benzene rings is 1. The molecule has 0 bridgehead atoms. The Labute approximate surface area is 128 Å². The molecule has 0 amide bonds. The van der Waals surface area contributed by atoms with Gasteiger partial charge in [0, 0.05) is 4.47 Å². The number of hydrogen-bond acceptors (Lipinski definition) is 2. The zero-order chi connectivity index (χ0) is 12.7. The zero-order valence-electron chi connectivity index (χ0n) is 9.73. The van der Waals surface area contributed by atoms with Crippen LogP contribution in [0.25, 0.3) is 0 Å². The summed E-state index contributed by atoms with van der Waals surface area (Å²) in [6.07, 6.45) is 2.18. The predicted molar refractivity (Wildman–Crippen MR) is 82.8 cm³/mol. The number of ether oxygens (including phenoxy) is 1. The Bertz CT molecular complexity index is 335. The molecule has 0 aromatic heterocycles. The van der Waals surface area contributed by atoms with Gasteiger partial charge < -0.3 is 10.1 Å². The van der Waals surface area contributed by atoms with Crippen molar-refractivity contribution in [2.24, 2.45) is 0 Å². The molecule has 1 aromatic rings. The van der Waals surface area contributed by atoms with Crippen molar-refractivity contribution in [3.8, 4) is 5.75 Å². The second-order valence-corrected chi connectivity index (χ2v) is 6.27. The molecule has 0 fully saturated rings. The number of nitrogens with one attached hydrogen (secondary N) is 1. The van der Waals surface area contributed by atoms with E-state index in [2.05, 4.69) is 60.0 Å². The first-order valence-electron chi connectivity index (χ1n) is 5.63. The monoisotopic (exact) mass is 427 g/mol. The molecule has 0 unspecified atom stereocenters. The molecule has 0 radical (unpaired) electrons. The van der Waals surface area contributed by atoms with Crippen molar-refractivity contribution in [2.45, 2.75) is 19.8 Å². The van der Waals surface area contributed by atoms with Gasteiger partial charge in [-0.25, -0.2) is 0 Å². The van der Waals surface area contributed by atoms with E-state index >= 15 is 0 Å². The normalized spacial score (nSPS) is 10.6. The molecule has 1 rings (SSSR count). The minimum Gasteiger partial charge on any atom is -0.491 e. The molecule has 0 heterocycles. The summed E-state index contributed by atoms with van der Waals surface area (Å²) in [7, 11) is 0. The van der Waals surface area contributed by atoms with Crippen LogP contribution < -0.4 is 10.1 Å². The molecular formula is C12H16Br3NO. The number of rotatable bonds is 7. The van der Waals surface area contributed by atoms with Crippen molar-refractivity contribution < 1.29 is 4.74 Å². The van der Waals surface area contributed by atoms with Crippen molar-refractivity contribution in [1.82, 2.24) is 5.32 Å². The molecule has 0 spiro atoms. The van der Waals surface area contributed by atoms with Crippen LogP contribution in [0, 0.1) is 0 Å². The minimum absolute atomic E-state index is 0.718. The first-order chi connectivity index (χ1) is 8.15. The topological polar surface area (TPSA) is 21.3 Å². The summed E-state index contributed by atoms with van der Waals surface area (Å²) in [6, 6.07) is 3.96. The molecule has 2 nitrogen and oxygen atoms in total. The second-order valence-electron chi connectivity index (χ2n) is 3.65. The van der Waals surface area contributed by atoms with E-state index in [1.165, 1.54) is 6.42 Å². The third-order valence-corrected chi connectivity index (χ3v) is 3.77. The van der Waals surface area contributed by atoms with Gasteiger partial charge in [0.2, 0.25) is 0 Å². The van der Waals surface area contributed by atoms with Crippen LogP contribution in [0.1, 0.15) is 19.8 Å². The van der Waals surface area contributed by atoms with E-state index in [4.69, 9.17) is 4.74 Å². The molecule has 5 heteroatoms. The van der Waals surface area contributed by atoms with E-state index in [0.717, 1.165) is 45.3 Å². The van der Waals surface area contributed by atoms with Crippen LogP contribution in [0.4, 0.5) is 0 Å². The zero-order valence-corrected chi connectivity index (χ0v) is 14.5. The van der Waals surface area contributed by atoms with Gasteiger partial charge in [0.1, 0.15) is 5.75 Å². The Balaban J connectivity index is 2.36. The molecule has 0 aliphatic rings. The van der Waals surface area contributed by atoms with Crippen LogP contribution in [0.5, 0.6) is 5.75 Å². The molecule has 0 saturated heterocycles. The van der Waals surface area contributed by atoms with Crippen LogP contribution in [0.3, 0.4) is 0 Å². The molecule has 0 aliphatic heterocycles. The Morgan fingerprint density at radius 1 is 1.12 bits per heavy atom. The summed E-state index contributed by atoms with van der Waals surface area (Å²) in [5.74, 6) is 0.865. The number of hydrogen-bond donors (Lipinski definition) is 1. The highest BCUT2D eigenvalue weighted by Crippen LogP contribution is 2.36. The van der Waals surface area contributed by atoms with E-state index in [0.29, 0.717) is 0 Å². The summed E-state index contributed by atoms with van der Waals surface area (Å²) in [5, 5.41) is 3.35. The van der Waals surface area contributed by atoms with Crippen LogP contribution >= 0.6 is 47.8 Å². The largest absolute Gasteiger partial charge is 0.491 e. The van der Waals surface area contributed by atoms with Crippen LogP contribution in [-0.2, 0) is 0 Å². The summed E-state index contributed by atoms with van der Waals surface area (Å²) in [6.45, 7) is 4.96. The quantitative estimate of drug-likeness (QED) is 0.632. The van der Waals surface area contributed by atoms with Crippen molar-refractivity contribution in [2.75, 3.05) is 19.7 Å². The fourth-order valence-corrected chi connectivity index (χ4v) is 3.83. The molecule has 0 saturated carbocycles. The van der Waals surface area contributed by atoms with Gasteiger partial charge in [0.05, 0.1) is 15.6 Å². The lowest BCUT2D eigenvalue weighted by Gasteiger charge is -2.11. The second kappa shape index (κ2) is 8.51. The molecule has 0 aliphatic carbocycles. The fraction of sp³-hybridized carbons (Fsp3) is 0.500. The number of halogens is 3. The maximum atomic E-state index is 5.75. The maximum absolute atomic E-state index is 5.75. The Morgan fingerprint density at radius 3 is 2.35 bits per heavy atom. The summed E-state index contributed by atoms with van der Waals surface area (Å²) in [5.41, 5.74) is 0. The average Bonchev–Trinajstić information content (AvgIpc) is 2.26. The van der Waals surface area contributed by atoms with E-state index in [-0.39, 0.29) is 0 Å². The highest BCUT2D eigenvalue weighted by molar-refractivity contribution is 9.11. The summed E-state index contributed by atoms with van der Waals surface area (Å²) >= 11 is 10.4. The standard InChI is InChI=1S/C12H16Br3NO/c1-2-4-16-5-3-6-17-12-10(14)7-9(13)8-11(12)15/h7-8,16H,2-6H2,1H3. The molecule has 17 heavy (non-hydrogen) atoms. The van der Waals surface area contributed by atoms with Crippen molar-refractivity contribution in [3.05, 3.63) is 25.6 Å². The molecule has 0 atom stereocenters. The van der Waals surface area contributed by atoms with Crippen LogP contribution in [-0.4, -0.2) is 19.7 Å². The highest BCUT2D eigenvalue weighted by atomic mass is 79.9. The van der Waals surface area contributed by atoms with Crippen molar-refractivity contribution in [1.29, 1.82) is 0 Å². The lowest BCUT2D eigenvalue weighted by Crippen LogP contribution is -2.18. The Kier molecular flexibility index (Phi) is 7.75.